The molecule has 0 aliphatic carbocycles. The lowest BCUT2D eigenvalue weighted by Crippen LogP contribution is -2.40. The molecule has 1 saturated heterocycles. The highest BCUT2D eigenvalue weighted by Crippen LogP contribution is 2.10. The summed E-state index contributed by atoms with van der Waals surface area (Å²) < 4.78 is 5.22. The van der Waals surface area contributed by atoms with Crippen LogP contribution in [0.2, 0.25) is 0 Å². The SMILES string of the molecule is CCCN/C(=N\[N+](=O)[O-])NCC1CCOC1. The average molecular weight is 230 g/mol. The van der Waals surface area contributed by atoms with Crippen LogP contribution in [0.3, 0.4) is 0 Å². The standard InChI is InChI=1S/C9H18N4O3/c1-2-4-10-9(12-13(14)15)11-6-8-3-5-16-7-8/h8H,2-7H2,1H3,(H2,10,11,12). The van der Waals surface area contributed by atoms with E-state index in [4.69, 9.17) is 4.74 Å². The Morgan fingerprint density at radius 3 is 3.00 bits per heavy atom. The lowest BCUT2D eigenvalue weighted by molar-refractivity contribution is -0.485. The molecule has 0 bridgehead atoms. The summed E-state index contributed by atoms with van der Waals surface area (Å²) in [6.07, 6.45) is 1.89. The second-order valence-electron chi connectivity index (χ2n) is 3.72. The van der Waals surface area contributed by atoms with Gasteiger partial charge in [-0.15, -0.1) is 0 Å². The summed E-state index contributed by atoms with van der Waals surface area (Å²) in [7, 11) is 0. The molecule has 0 aromatic rings. The third-order valence-corrected chi connectivity index (χ3v) is 2.31. The fourth-order valence-electron chi connectivity index (χ4n) is 1.44. The van der Waals surface area contributed by atoms with Gasteiger partial charge in [-0.05, 0) is 12.8 Å². The molecule has 7 heteroatoms. The molecule has 1 aliphatic heterocycles. The van der Waals surface area contributed by atoms with E-state index < -0.39 is 5.03 Å². The number of nitrogens with zero attached hydrogens (tertiary/aromatic N) is 2. The van der Waals surface area contributed by atoms with Gasteiger partial charge < -0.3 is 15.4 Å². The molecule has 0 aromatic carbocycles. The summed E-state index contributed by atoms with van der Waals surface area (Å²) in [4.78, 5) is 10.3. The summed E-state index contributed by atoms with van der Waals surface area (Å²) in [5, 5.41) is 18.7. The molecule has 0 amide bonds. The molecule has 1 aliphatic rings. The maximum atomic E-state index is 10.3. The van der Waals surface area contributed by atoms with Crippen molar-refractivity contribution in [3.63, 3.8) is 0 Å². The number of guanidine groups is 1. The Kier molecular flexibility index (Phi) is 5.55. The number of rotatable bonds is 5. The van der Waals surface area contributed by atoms with Gasteiger partial charge in [0.05, 0.1) is 6.61 Å². The Balaban J connectivity index is 2.33. The smallest absolute Gasteiger partial charge is 0.268 e. The van der Waals surface area contributed by atoms with Crippen molar-refractivity contribution < 1.29 is 9.77 Å². The third kappa shape index (κ3) is 4.92. The van der Waals surface area contributed by atoms with E-state index in [1.165, 1.54) is 0 Å². The predicted molar refractivity (Wildman–Crippen MR) is 59.7 cm³/mol. The van der Waals surface area contributed by atoms with E-state index in [0.29, 0.717) is 25.6 Å². The van der Waals surface area contributed by atoms with Crippen molar-refractivity contribution in [2.75, 3.05) is 26.3 Å². The van der Waals surface area contributed by atoms with Crippen LogP contribution >= 0.6 is 0 Å². The molecule has 1 heterocycles. The average Bonchev–Trinajstić information content (AvgIpc) is 2.74. The van der Waals surface area contributed by atoms with Gasteiger partial charge in [0.1, 0.15) is 5.10 Å². The summed E-state index contributed by atoms with van der Waals surface area (Å²) in [5.74, 6) is 0.652. The molecule has 1 fully saturated rings. The first-order valence-electron chi connectivity index (χ1n) is 5.51. The highest BCUT2D eigenvalue weighted by molar-refractivity contribution is 5.79. The van der Waals surface area contributed by atoms with Crippen LogP contribution < -0.4 is 10.6 Å². The van der Waals surface area contributed by atoms with Crippen LogP contribution in [0.25, 0.3) is 0 Å². The first kappa shape index (κ1) is 12.7. The summed E-state index contributed by atoms with van der Waals surface area (Å²) in [6.45, 7) is 4.80. The Morgan fingerprint density at radius 1 is 1.62 bits per heavy atom. The second-order valence-corrected chi connectivity index (χ2v) is 3.72. The van der Waals surface area contributed by atoms with Crippen molar-refractivity contribution in [1.82, 2.24) is 10.6 Å². The lowest BCUT2D eigenvalue weighted by atomic mass is 10.1. The maximum absolute atomic E-state index is 10.3. The number of nitro groups is 1. The van der Waals surface area contributed by atoms with E-state index in [1.54, 1.807) is 0 Å². The fourth-order valence-corrected chi connectivity index (χ4v) is 1.44. The van der Waals surface area contributed by atoms with Gasteiger partial charge in [0.15, 0.2) is 5.03 Å². The highest BCUT2D eigenvalue weighted by atomic mass is 16.7. The number of hydrazone groups is 1. The predicted octanol–water partition coefficient (Wildman–Crippen LogP) is 0.160. The lowest BCUT2D eigenvalue weighted by Gasteiger charge is -2.11. The number of hydrogen-bond donors (Lipinski definition) is 2. The van der Waals surface area contributed by atoms with E-state index in [0.717, 1.165) is 19.4 Å². The van der Waals surface area contributed by atoms with Crippen molar-refractivity contribution in [3.05, 3.63) is 10.1 Å². The molecule has 7 nitrogen and oxygen atoms in total. The van der Waals surface area contributed by atoms with Gasteiger partial charge in [-0.3, -0.25) is 0 Å². The van der Waals surface area contributed by atoms with Gasteiger partial charge in [0.25, 0.3) is 5.96 Å². The Bertz CT molecular complexity index is 251. The molecule has 0 radical (unpaired) electrons. The third-order valence-electron chi connectivity index (χ3n) is 2.31. The zero-order valence-electron chi connectivity index (χ0n) is 9.44. The zero-order valence-corrected chi connectivity index (χ0v) is 9.44. The topological polar surface area (TPSA) is 88.8 Å². The van der Waals surface area contributed by atoms with Crippen LogP contribution in [-0.2, 0) is 4.74 Å². The van der Waals surface area contributed by atoms with Crippen molar-refractivity contribution in [2.24, 2.45) is 11.0 Å². The minimum absolute atomic E-state index is 0.235. The summed E-state index contributed by atoms with van der Waals surface area (Å²) in [6, 6.07) is 0. The minimum Gasteiger partial charge on any atom is -0.381 e. The molecule has 1 unspecified atom stereocenters. The van der Waals surface area contributed by atoms with Crippen molar-refractivity contribution in [2.45, 2.75) is 19.8 Å². The van der Waals surface area contributed by atoms with E-state index in [1.807, 2.05) is 6.92 Å². The second kappa shape index (κ2) is 7.00. The molecule has 1 rings (SSSR count). The maximum Gasteiger partial charge on any atom is 0.268 e. The van der Waals surface area contributed by atoms with E-state index in [-0.39, 0.29) is 5.96 Å². The van der Waals surface area contributed by atoms with Crippen LogP contribution in [0.1, 0.15) is 19.8 Å². The fraction of sp³-hybridized carbons (Fsp3) is 0.889. The monoisotopic (exact) mass is 230 g/mol. The van der Waals surface area contributed by atoms with Crippen LogP contribution in [0.5, 0.6) is 0 Å². The van der Waals surface area contributed by atoms with Crippen molar-refractivity contribution >= 4 is 5.96 Å². The molecule has 2 N–H and O–H groups in total. The van der Waals surface area contributed by atoms with Gasteiger partial charge in [0, 0.05) is 25.6 Å². The highest BCUT2D eigenvalue weighted by Gasteiger charge is 2.16. The first-order chi connectivity index (χ1) is 7.72. The Labute approximate surface area is 94.4 Å². The van der Waals surface area contributed by atoms with Gasteiger partial charge in [0.2, 0.25) is 0 Å². The normalized spacial score (nSPS) is 20.8. The largest absolute Gasteiger partial charge is 0.381 e. The van der Waals surface area contributed by atoms with Crippen LogP contribution in [0, 0.1) is 16.0 Å². The number of nitrogens with one attached hydrogen (secondary N) is 2. The Morgan fingerprint density at radius 2 is 2.44 bits per heavy atom. The number of hydrogen-bond acceptors (Lipinski definition) is 3. The van der Waals surface area contributed by atoms with Gasteiger partial charge in [-0.1, -0.05) is 6.92 Å². The van der Waals surface area contributed by atoms with Crippen molar-refractivity contribution in [1.29, 1.82) is 0 Å². The van der Waals surface area contributed by atoms with E-state index in [2.05, 4.69) is 15.7 Å². The molecule has 92 valence electrons. The molecule has 0 spiro atoms. The van der Waals surface area contributed by atoms with Crippen LogP contribution in [0.15, 0.2) is 5.10 Å². The molecule has 0 aromatic heterocycles. The zero-order chi connectivity index (χ0) is 11.8. The molecule has 1 atom stereocenters. The van der Waals surface area contributed by atoms with E-state index in [9.17, 15) is 10.1 Å². The van der Waals surface area contributed by atoms with Gasteiger partial charge in [-0.2, -0.15) is 0 Å². The molecular weight excluding hydrogens is 212 g/mol. The molecule has 16 heavy (non-hydrogen) atoms. The quantitative estimate of drug-likeness (QED) is 0.304. The van der Waals surface area contributed by atoms with Crippen LogP contribution in [-0.4, -0.2) is 37.3 Å². The Hall–Kier alpha value is -1.37. The minimum atomic E-state index is -0.698. The first-order valence-corrected chi connectivity index (χ1v) is 5.51. The van der Waals surface area contributed by atoms with Gasteiger partial charge in [-0.25, -0.2) is 10.1 Å². The van der Waals surface area contributed by atoms with E-state index >= 15 is 0 Å². The summed E-state index contributed by atoms with van der Waals surface area (Å²) in [5.41, 5.74) is 0. The van der Waals surface area contributed by atoms with Crippen molar-refractivity contribution in [3.8, 4) is 0 Å². The van der Waals surface area contributed by atoms with Crippen LogP contribution in [0.4, 0.5) is 0 Å². The molecule has 0 saturated carbocycles. The van der Waals surface area contributed by atoms with Gasteiger partial charge >= 0.3 is 0 Å². The number of ether oxygens (including phenoxy) is 1. The summed E-state index contributed by atoms with van der Waals surface area (Å²) >= 11 is 0. The molecular formula is C9H18N4O3.